The van der Waals surface area contributed by atoms with Crippen LogP contribution in [-0.4, -0.2) is 20.3 Å². The molecule has 88 valence electrons. The third kappa shape index (κ3) is 1.98. The van der Waals surface area contributed by atoms with Crippen LogP contribution in [0.3, 0.4) is 0 Å². The van der Waals surface area contributed by atoms with E-state index < -0.39 is 5.60 Å². The topological polar surface area (TPSA) is 38.0 Å². The minimum Gasteiger partial charge on any atom is -0.388 e. The zero-order chi connectivity index (χ0) is 11.7. The number of hydrogen-bond donors (Lipinski definition) is 1. The molecule has 1 aliphatic carbocycles. The zero-order valence-corrected chi connectivity index (χ0v) is 9.71. The zero-order valence-electron chi connectivity index (χ0n) is 9.71. The lowest BCUT2D eigenvalue weighted by atomic mass is 9.80. The molecular weight excluding hydrogens is 212 g/mol. The molecule has 0 aliphatic heterocycles. The fourth-order valence-electron chi connectivity index (χ4n) is 2.34. The first-order chi connectivity index (χ1) is 8.27. The van der Waals surface area contributed by atoms with E-state index in [9.17, 15) is 5.11 Å². The first kappa shape index (κ1) is 10.5. The number of aromatic nitrogens is 2. The molecule has 0 amide bonds. The summed E-state index contributed by atoms with van der Waals surface area (Å²) in [4.78, 5) is 4.38. The van der Waals surface area contributed by atoms with E-state index in [0.717, 1.165) is 30.7 Å². The molecule has 0 atom stereocenters. The highest BCUT2D eigenvalue weighted by Gasteiger charge is 2.35. The lowest BCUT2D eigenvalue weighted by Crippen LogP contribution is -2.41. The normalized spacial score (nSPS) is 17.7. The SMILES string of the molecule is OC1(Cn2ccnc2-c2ccccc2)CCC1. The molecule has 1 aromatic heterocycles. The fourth-order valence-corrected chi connectivity index (χ4v) is 2.34. The number of rotatable bonds is 3. The Bertz CT molecular complexity index is 500. The maximum absolute atomic E-state index is 10.2. The predicted octanol–water partition coefficient (Wildman–Crippen LogP) is 2.47. The van der Waals surface area contributed by atoms with Crippen molar-refractivity contribution in [1.29, 1.82) is 0 Å². The highest BCUT2D eigenvalue weighted by molar-refractivity contribution is 5.55. The summed E-state index contributed by atoms with van der Waals surface area (Å²) in [6.45, 7) is 0.650. The summed E-state index contributed by atoms with van der Waals surface area (Å²) >= 11 is 0. The van der Waals surface area contributed by atoms with Crippen molar-refractivity contribution in [3.05, 3.63) is 42.7 Å². The maximum atomic E-state index is 10.2. The molecule has 1 heterocycles. The van der Waals surface area contributed by atoms with Gasteiger partial charge in [-0.15, -0.1) is 0 Å². The van der Waals surface area contributed by atoms with E-state index in [1.807, 2.05) is 36.5 Å². The van der Waals surface area contributed by atoms with Gasteiger partial charge in [0.1, 0.15) is 5.82 Å². The molecule has 3 nitrogen and oxygen atoms in total. The summed E-state index contributed by atoms with van der Waals surface area (Å²) < 4.78 is 2.05. The molecule has 3 rings (SSSR count). The van der Waals surface area contributed by atoms with Crippen molar-refractivity contribution in [2.75, 3.05) is 0 Å². The molecule has 2 aromatic rings. The quantitative estimate of drug-likeness (QED) is 0.876. The Morgan fingerprint density at radius 1 is 1.24 bits per heavy atom. The van der Waals surface area contributed by atoms with Crippen molar-refractivity contribution in [2.45, 2.75) is 31.4 Å². The van der Waals surface area contributed by atoms with Crippen LogP contribution in [0.4, 0.5) is 0 Å². The summed E-state index contributed by atoms with van der Waals surface area (Å²) in [5.74, 6) is 0.936. The van der Waals surface area contributed by atoms with E-state index in [1.165, 1.54) is 0 Å². The largest absolute Gasteiger partial charge is 0.388 e. The van der Waals surface area contributed by atoms with Crippen molar-refractivity contribution < 1.29 is 5.11 Å². The van der Waals surface area contributed by atoms with E-state index in [4.69, 9.17) is 0 Å². The Morgan fingerprint density at radius 2 is 2.00 bits per heavy atom. The molecule has 0 saturated heterocycles. The second-order valence-electron chi connectivity index (χ2n) is 4.82. The van der Waals surface area contributed by atoms with Crippen LogP contribution in [0.5, 0.6) is 0 Å². The smallest absolute Gasteiger partial charge is 0.139 e. The van der Waals surface area contributed by atoms with Crippen LogP contribution in [0.15, 0.2) is 42.7 Å². The van der Waals surface area contributed by atoms with E-state index in [1.54, 1.807) is 6.20 Å². The molecule has 0 radical (unpaired) electrons. The minimum atomic E-state index is -0.510. The molecule has 0 spiro atoms. The molecule has 0 bridgehead atoms. The van der Waals surface area contributed by atoms with E-state index in [0.29, 0.717) is 6.54 Å². The number of nitrogens with zero attached hydrogens (tertiary/aromatic N) is 2. The summed E-state index contributed by atoms with van der Waals surface area (Å²) in [5.41, 5.74) is 0.588. The average molecular weight is 228 g/mol. The molecule has 1 N–H and O–H groups in total. The van der Waals surface area contributed by atoms with Gasteiger partial charge in [0.25, 0.3) is 0 Å². The van der Waals surface area contributed by atoms with Gasteiger partial charge in [-0.2, -0.15) is 0 Å². The highest BCUT2D eigenvalue weighted by Crippen LogP contribution is 2.34. The minimum absolute atomic E-state index is 0.510. The van der Waals surface area contributed by atoms with Crippen molar-refractivity contribution in [2.24, 2.45) is 0 Å². The Morgan fingerprint density at radius 3 is 2.65 bits per heavy atom. The van der Waals surface area contributed by atoms with Gasteiger partial charge < -0.3 is 9.67 Å². The molecular formula is C14H16N2O. The van der Waals surface area contributed by atoms with Gasteiger partial charge in [0.15, 0.2) is 0 Å². The van der Waals surface area contributed by atoms with Gasteiger partial charge in [0, 0.05) is 18.0 Å². The van der Waals surface area contributed by atoms with Gasteiger partial charge >= 0.3 is 0 Å². The van der Waals surface area contributed by atoms with E-state index in [2.05, 4.69) is 9.55 Å². The standard InChI is InChI=1S/C14H16N2O/c17-14(7-4-8-14)11-16-10-9-15-13(16)12-5-2-1-3-6-12/h1-3,5-6,9-10,17H,4,7-8,11H2. The predicted molar refractivity (Wildman–Crippen MR) is 66.5 cm³/mol. The van der Waals surface area contributed by atoms with Crippen molar-refractivity contribution in [3.8, 4) is 11.4 Å². The van der Waals surface area contributed by atoms with Crippen molar-refractivity contribution in [3.63, 3.8) is 0 Å². The van der Waals surface area contributed by atoms with Crippen LogP contribution in [0.25, 0.3) is 11.4 Å². The molecule has 0 unspecified atom stereocenters. The third-order valence-electron chi connectivity index (χ3n) is 3.50. The van der Waals surface area contributed by atoms with Crippen LogP contribution < -0.4 is 0 Å². The average Bonchev–Trinajstić information content (AvgIpc) is 2.76. The second-order valence-corrected chi connectivity index (χ2v) is 4.82. The van der Waals surface area contributed by atoms with Gasteiger partial charge in [-0.25, -0.2) is 4.98 Å². The van der Waals surface area contributed by atoms with E-state index in [-0.39, 0.29) is 0 Å². The van der Waals surface area contributed by atoms with Crippen LogP contribution in [0, 0.1) is 0 Å². The summed E-state index contributed by atoms with van der Waals surface area (Å²) in [5, 5.41) is 10.2. The first-order valence-electron chi connectivity index (χ1n) is 6.06. The number of aliphatic hydroxyl groups is 1. The highest BCUT2D eigenvalue weighted by atomic mass is 16.3. The molecule has 3 heteroatoms. The van der Waals surface area contributed by atoms with Gasteiger partial charge in [-0.3, -0.25) is 0 Å². The van der Waals surface area contributed by atoms with Crippen molar-refractivity contribution in [1.82, 2.24) is 9.55 Å². The van der Waals surface area contributed by atoms with Gasteiger partial charge in [0.05, 0.1) is 12.1 Å². The van der Waals surface area contributed by atoms with Gasteiger partial charge in [0.2, 0.25) is 0 Å². The van der Waals surface area contributed by atoms with Crippen LogP contribution >= 0.6 is 0 Å². The number of imidazole rings is 1. The Kier molecular flexibility index (Phi) is 2.48. The lowest BCUT2D eigenvalue weighted by Gasteiger charge is -2.37. The lowest BCUT2D eigenvalue weighted by molar-refractivity contribution is -0.0469. The Labute approximate surface area is 101 Å². The van der Waals surface area contributed by atoms with Crippen LogP contribution in [-0.2, 0) is 6.54 Å². The summed E-state index contributed by atoms with van der Waals surface area (Å²) in [7, 11) is 0. The monoisotopic (exact) mass is 228 g/mol. The van der Waals surface area contributed by atoms with Gasteiger partial charge in [-0.1, -0.05) is 30.3 Å². The Balaban J connectivity index is 1.89. The maximum Gasteiger partial charge on any atom is 0.139 e. The molecule has 1 saturated carbocycles. The summed E-state index contributed by atoms with van der Waals surface area (Å²) in [6, 6.07) is 10.1. The third-order valence-corrected chi connectivity index (χ3v) is 3.50. The number of benzene rings is 1. The molecule has 1 fully saturated rings. The van der Waals surface area contributed by atoms with Crippen molar-refractivity contribution >= 4 is 0 Å². The summed E-state index contributed by atoms with van der Waals surface area (Å²) in [6.07, 6.45) is 6.67. The van der Waals surface area contributed by atoms with E-state index >= 15 is 0 Å². The fraction of sp³-hybridized carbons (Fsp3) is 0.357. The van der Waals surface area contributed by atoms with Crippen LogP contribution in [0.2, 0.25) is 0 Å². The first-order valence-corrected chi connectivity index (χ1v) is 6.06. The second kappa shape index (κ2) is 4.00. The molecule has 1 aromatic carbocycles. The molecule has 17 heavy (non-hydrogen) atoms. The number of hydrogen-bond acceptors (Lipinski definition) is 2. The Hall–Kier alpha value is -1.61. The molecule has 1 aliphatic rings. The van der Waals surface area contributed by atoms with Gasteiger partial charge in [-0.05, 0) is 19.3 Å². The van der Waals surface area contributed by atoms with Crippen LogP contribution in [0.1, 0.15) is 19.3 Å².